The zero-order valence-electron chi connectivity index (χ0n) is 39.4. The molecule has 0 aliphatic heterocycles. The van der Waals surface area contributed by atoms with Crippen LogP contribution < -0.4 is 0 Å². The van der Waals surface area contributed by atoms with Crippen molar-refractivity contribution < 1.29 is 63.1 Å². The molecular weight excluding hydrogens is 828 g/mol. The zero-order chi connectivity index (χ0) is 46.4. The molecule has 1 saturated carbocycles. The number of carbonyl (C=O) groups is 2. The second-order valence-corrected chi connectivity index (χ2v) is 19.1. The first-order chi connectivity index (χ1) is 30.4. The Hall–Kier alpha value is -1.67. The Balaban J connectivity index is 2.39. The minimum absolute atomic E-state index is 0.00624. The number of phosphoric ester groups is 1. The van der Waals surface area contributed by atoms with Gasteiger partial charge in [0.15, 0.2) is 6.10 Å². The Morgan fingerprint density at radius 1 is 0.492 bits per heavy atom. The molecule has 1 aliphatic rings. The molecule has 0 aromatic rings. The van der Waals surface area contributed by atoms with Gasteiger partial charge < -0.3 is 39.9 Å². The van der Waals surface area contributed by atoms with Crippen LogP contribution in [0.15, 0.2) is 24.3 Å². The number of ether oxygens (including phenoxy) is 2. The minimum Gasteiger partial charge on any atom is -0.462 e. The van der Waals surface area contributed by atoms with Crippen LogP contribution in [0.5, 0.6) is 0 Å². The first-order valence-corrected chi connectivity index (χ1v) is 26.6. The average Bonchev–Trinajstić information content (AvgIpc) is 3.26. The number of phosphoric acid groups is 1. The summed E-state index contributed by atoms with van der Waals surface area (Å²) in [6.07, 6.45) is 31.1. The molecule has 0 heterocycles. The Morgan fingerprint density at radius 3 is 1.35 bits per heavy atom. The van der Waals surface area contributed by atoms with Crippen molar-refractivity contribution in [3.05, 3.63) is 24.3 Å². The van der Waals surface area contributed by atoms with Crippen molar-refractivity contribution in [3.63, 3.8) is 0 Å². The molecule has 7 unspecified atom stereocenters. The van der Waals surface area contributed by atoms with Gasteiger partial charge in [0.1, 0.15) is 43.2 Å². The molecule has 0 aromatic carbocycles. The summed E-state index contributed by atoms with van der Waals surface area (Å²) < 4.78 is 33.5. The van der Waals surface area contributed by atoms with Crippen molar-refractivity contribution in [2.45, 2.75) is 262 Å². The molecule has 370 valence electrons. The van der Waals surface area contributed by atoms with Gasteiger partial charge in [0.25, 0.3) is 0 Å². The molecule has 1 rings (SSSR count). The van der Waals surface area contributed by atoms with E-state index in [9.17, 15) is 44.6 Å². The predicted molar refractivity (Wildman–Crippen MR) is 249 cm³/mol. The summed E-state index contributed by atoms with van der Waals surface area (Å²) in [5.74, 6) is -1.17. The summed E-state index contributed by atoms with van der Waals surface area (Å²) in [6, 6.07) is 0. The Labute approximate surface area is 381 Å². The van der Waals surface area contributed by atoms with E-state index >= 15 is 0 Å². The molecule has 1 aliphatic carbocycles. The third kappa shape index (κ3) is 31.8. The molecule has 0 aromatic heterocycles. The van der Waals surface area contributed by atoms with Gasteiger partial charge in [-0.1, -0.05) is 199 Å². The summed E-state index contributed by atoms with van der Waals surface area (Å²) in [7, 11) is -5.13. The fourth-order valence-corrected chi connectivity index (χ4v) is 8.73. The number of hydrogen-bond donors (Lipinski definition) is 6. The fraction of sp³-hybridized carbons (Fsp3) is 0.878. The highest BCUT2D eigenvalue weighted by molar-refractivity contribution is 7.47. The van der Waals surface area contributed by atoms with E-state index in [0.717, 1.165) is 32.1 Å². The Kier molecular flexibility index (Phi) is 37.2. The summed E-state index contributed by atoms with van der Waals surface area (Å²) >= 11 is 0. The van der Waals surface area contributed by atoms with Crippen molar-refractivity contribution >= 4 is 19.8 Å². The van der Waals surface area contributed by atoms with Crippen molar-refractivity contribution in [2.75, 3.05) is 13.2 Å². The summed E-state index contributed by atoms with van der Waals surface area (Å²) in [5, 5.41) is 50.2. The smallest absolute Gasteiger partial charge is 0.462 e. The molecule has 0 bridgehead atoms. The number of hydrogen-bond acceptors (Lipinski definition) is 12. The number of aliphatic hydroxyl groups is 5. The lowest BCUT2D eigenvalue weighted by atomic mass is 9.85. The Morgan fingerprint density at radius 2 is 0.889 bits per heavy atom. The predicted octanol–water partition coefficient (Wildman–Crippen LogP) is 10.4. The van der Waals surface area contributed by atoms with Crippen LogP contribution >= 0.6 is 7.82 Å². The van der Waals surface area contributed by atoms with Gasteiger partial charge in [-0.15, -0.1) is 0 Å². The van der Waals surface area contributed by atoms with Gasteiger partial charge in [0, 0.05) is 12.8 Å². The number of allylic oxidation sites excluding steroid dienone is 4. The van der Waals surface area contributed by atoms with Crippen LogP contribution in [-0.4, -0.2) is 98.3 Å². The van der Waals surface area contributed by atoms with Crippen molar-refractivity contribution in [2.24, 2.45) is 0 Å². The number of carbonyl (C=O) groups excluding carboxylic acids is 2. The molecule has 0 spiro atoms. The number of esters is 2. The lowest BCUT2D eigenvalue weighted by Gasteiger charge is -2.41. The third-order valence-electron chi connectivity index (χ3n) is 11.8. The number of aliphatic hydroxyl groups excluding tert-OH is 5. The van der Waals surface area contributed by atoms with Crippen LogP contribution in [0.4, 0.5) is 0 Å². The van der Waals surface area contributed by atoms with Gasteiger partial charge in [-0.3, -0.25) is 18.6 Å². The van der Waals surface area contributed by atoms with Crippen molar-refractivity contribution in [1.82, 2.24) is 0 Å². The van der Waals surface area contributed by atoms with Gasteiger partial charge in [0.2, 0.25) is 0 Å². The van der Waals surface area contributed by atoms with E-state index in [2.05, 4.69) is 26.0 Å². The number of rotatable bonds is 42. The largest absolute Gasteiger partial charge is 0.472 e. The van der Waals surface area contributed by atoms with E-state index in [0.29, 0.717) is 12.8 Å². The standard InChI is InChI=1S/C49H91O13P/c1-3-5-7-9-11-13-15-17-18-19-20-21-22-23-24-26-27-29-31-33-35-37-42(50)59-39-41(40-60-63(57,58)62-49-47(55)45(53)44(52)46(54)48(49)56)61-43(51)38-36-34-32-30-28-25-16-14-12-10-8-6-4-2/h25,28,32,34,41,44-49,52-56H,3-24,26-27,29-31,33,35-40H2,1-2H3,(H,57,58)/b28-25+,34-32+/t41?,44?,45-,46?,47?,48?,49?/m0/s1. The zero-order valence-corrected chi connectivity index (χ0v) is 40.3. The molecule has 63 heavy (non-hydrogen) atoms. The van der Waals surface area contributed by atoms with Gasteiger partial charge >= 0.3 is 19.8 Å². The van der Waals surface area contributed by atoms with Crippen LogP contribution in [-0.2, 0) is 32.7 Å². The number of unbranched alkanes of at least 4 members (excludes halogenated alkanes) is 26. The SMILES string of the molecule is CCCCCCCC/C=C/C/C=C/CCC(=O)OC(COC(=O)CCCCCCCCCCCCCCCCCCCCCCC)COP(=O)(O)OC1C(O)C(O)C(O)[C@H](O)C1O. The van der Waals surface area contributed by atoms with E-state index < -0.39 is 75.7 Å². The van der Waals surface area contributed by atoms with Crippen LogP contribution in [0.1, 0.15) is 219 Å². The maximum Gasteiger partial charge on any atom is 0.472 e. The molecule has 0 radical (unpaired) electrons. The van der Waals surface area contributed by atoms with E-state index in [1.165, 1.54) is 148 Å². The van der Waals surface area contributed by atoms with Crippen LogP contribution in [0, 0.1) is 0 Å². The van der Waals surface area contributed by atoms with Crippen LogP contribution in [0.3, 0.4) is 0 Å². The highest BCUT2D eigenvalue weighted by Gasteiger charge is 2.51. The van der Waals surface area contributed by atoms with E-state index in [-0.39, 0.29) is 12.8 Å². The Bertz CT molecular complexity index is 1200. The molecule has 0 saturated heterocycles. The molecule has 8 atom stereocenters. The first kappa shape index (κ1) is 59.3. The molecule has 6 N–H and O–H groups in total. The minimum atomic E-state index is -5.13. The normalized spacial score (nSPS) is 21.8. The second-order valence-electron chi connectivity index (χ2n) is 17.7. The van der Waals surface area contributed by atoms with E-state index in [1.54, 1.807) is 0 Å². The summed E-state index contributed by atoms with van der Waals surface area (Å²) in [6.45, 7) is 3.27. The highest BCUT2D eigenvalue weighted by Crippen LogP contribution is 2.47. The molecule has 14 heteroatoms. The highest BCUT2D eigenvalue weighted by atomic mass is 31.2. The molecule has 1 fully saturated rings. The van der Waals surface area contributed by atoms with Crippen LogP contribution in [0.25, 0.3) is 0 Å². The molecule has 0 amide bonds. The topological polar surface area (TPSA) is 210 Å². The maximum absolute atomic E-state index is 12.8. The maximum atomic E-state index is 12.8. The van der Waals surface area contributed by atoms with Gasteiger partial charge in [-0.2, -0.15) is 0 Å². The fourth-order valence-electron chi connectivity index (χ4n) is 7.75. The van der Waals surface area contributed by atoms with Gasteiger partial charge in [-0.05, 0) is 32.1 Å². The van der Waals surface area contributed by atoms with Gasteiger partial charge in [-0.25, -0.2) is 4.57 Å². The third-order valence-corrected chi connectivity index (χ3v) is 12.8. The van der Waals surface area contributed by atoms with E-state index in [1.807, 2.05) is 12.2 Å². The molecular formula is C49H91O13P. The van der Waals surface area contributed by atoms with Gasteiger partial charge in [0.05, 0.1) is 6.61 Å². The average molecular weight is 919 g/mol. The van der Waals surface area contributed by atoms with Crippen molar-refractivity contribution in [1.29, 1.82) is 0 Å². The summed E-state index contributed by atoms with van der Waals surface area (Å²) in [5.41, 5.74) is 0. The van der Waals surface area contributed by atoms with Crippen molar-refractivity contribution in [3.8, 4) is 0 Å². The monoisotopic (exact) mass is 919 g/mol. The first-order valence-electron chi connectivity index (χ1n) is 25.1. The van der Waals surface area contributed by atoms with Crippen LogP contribution in [0.2, 0.25) is 0 Å². The lowest BCUT2D eigenvalue weighted by molar-refractivity contribution is -0.220. The molecule has 13 nitrogen and oxygen atoms in total. The second kappa shape index (κ2) is 39.5. The quantitative estimate of drug-likeness (QED) is 0.0146. The van der Waals surface area contributed by atoms with E-state index in [4.69, 9.17) is 18.5 Å². The summed E-state index contributed by atoms with van der Waals surface area (Å²) in [4.78, 5) is 35.7. The lowest BCUT2D eigenvalue weighted by Crippen LogP contribution is -2.64.